The molecule has 38 heavy (non-hydrogen) atoms. The van der Waals surface area contributed by atoms with Crippen LogP contribution in [-0.4, -0.2) is 63.7 Å². The van der Waals surface area contributed by atoms with E-state index in [4.69, 9.17) is 8.85 Å². The molecule has 1 saturated heterocycles. The minimum atomic E-state index is -2.45. The summed E-state index contributed by atoms with van der Waals surface area (Å²) in [6, 6.07) is 1.80. The maximum absolute atomic E-state index is 14.8. The van der Waals surface area contributed by atoms with Gasteiger partial charge in [0.2, 0.25) is 5.91 Å². The van der Waals surface area contributed by atoms with Crippen LogP contribution in [0.25, 0.3) is 0 Å². The first-order chi connectivity index (χ1) is 16.9. The highest BCUT2D eigenvalue weighted by Crippen LogP contribution is 2.43. The fraction of sp³-hybridized carbons (Fsp3) is 0.714. The number of nitrogens with one attached hydrogen (secondary N) is 1. The van der Waals surface area contributed by atoms with Gasteiger partial charge in [-0.15, -0.1) is 0 Å². The lowest BCUT2D eigenvalue weighted by Crippen LogP contribution is -2.58. The Balaban J connectivity index is 2.68. The number of amides is 2. The van der Waals surface area contributed by atoms with E-state index in [-0.39, 0.29) is 22.2 Å². The molecule has 3 atom stereocenters. The van der Waals surface area contributed by atoms with Gasteiger partial charge in [-0.05, 0) is 69.2 Å². The van der Waals surface area contributed by atoms with Crippen LogP contribution in [-0.2, 0) is 13.6 Å². The van der Waals surface area contributed by atoms with Crippen LogP contribution in [0, 0.1) is 11.6 Å². The molecule has 216 valence electrons. The van der Waals surface area contributed by atoms with Crippen molar-refractivity contribution in [3.05, 3.63) is 35.4 Å². The van der Waals surface area contributed by atoms with Crippen molar-refractivity contribution >= 4 is 28.4 Å². The largest absolute Gasteiger partial charge is 0.409 e. The molecule has 0 radical (unpaired) electrons. The number of likely N-dealkylation sites (tertiary alicyclic amines) is 1. The predicted molar refractivity (Wildman–Crippen MR) is 153 cm³/mol. The van der Waals surface area contributed by atoms with Gasteiger partial charge in [-0.25, -0.2) is 8.78 Å². The predicted octanol–water partition coefficient (Wildman–Crippen LogP) is 6.48. The Bertz CT molecular complexity index is 1040. The molecular weight excluding hydrogens is 522 g/mol. The van der Waals surface area contributed by atoms with Crippen LogP contribution in [0.15, 0.2) is 18.2 Å². The van der Waals surface area contributed by atoms with Gasteiger partial charge in [-0.3, -0.25) is 9.59 Å². The Hall–Kier alpha value is -1.63. The van der Waals surface area contributed by atoms with Crippen LogP contribution in [0.2, 0.25) is 36.3 Å². The molecule has 0 aromatic heterocycles. The molecule has 0 saturated carbocycles. The average Bonchev–Trinajstić information content (AvgIpc) is 3.01. The maximum Gasteiger partial charge on any atom is 0.257 e. The van der Waals surface area contributed by atoms with Crippen molar-refractivity contribution in [2.45, 2.75) is 122 Å². The number of rotatable bonds is 6. The fourth-order valence-electron chi connectivity index (χ4n) is 3.87. The molecular formula is C28H48F2N2O4Si2. The minimum Gasteiger partial charge on any atom is -0.409 e. The summed E-state index contributed by atoms with van der Waals surface area (Å²) in [5.74, 6) is -2.83. The molecule has 2 rings (SSSR count). The van der Waals surface area contributed by atoms with E-state index >= 15 is 0 Å². The van der Waals surface area contributed by atoms with Crippen LogP contribution in [0.4, 0.5) is 8.78 Å². The number of carbonyl (C=O) groups is 2. The third kappa shape index (κ3) is 7.31. The molecule has 1 N–H and O–H groups in total. The number of hydrogen-bond acceptors (Lipinski definition) is 4. The van der Waals surface area contributed by atoms with E-state index in [0.717, 1.165) is 12.1 Å². The number of nitrogens with zero attached hydrogens (tertiary/aromatic N) is 1. The van der Waals surface area contributed by atoms with Crippen molar-refractivity contribution in [1.29, 1.82) is 0 Å². The van der Waals surface area contributed by atoms with Crippen molar-refractivity contribution in [3.8, 4) is 0 Å². The van der Waals surface area contributed by atoms with Crippen molar-refractivity contribution in [2.75, 3.05) is 6.54 Å². The molecule has 10 heteroatoms. The third-order valence-electron chi connectivity index (χ3n) is 8.07. The molecule has 1 unspecified atom stereocenters. The summed E-state index contributed by atoms with van der Waals surface area (Å²) in [6.07, 6.45) is -1.34. The van der Waals surface area contributed by atoms with Crippen LogP contribution in [0.3, 0.4) is 0 Å². The monoisotopic (exact) mass is 570 g/mol. The maximum atomic E-state index is 14.8. The van der Waals surface area contributed by atoms with Gasteiger partial charge >= 0.3 is 0 Å². The van der Waals surface area contributed by atoms with E-state index in [9.17, 15) is 18.4 Å². The van der Waals surface area contributed by atoms with Crippen molar-refractivity contribution in [3.63, 3.8) is 0 Å². The van der Waals surface area contributed by atoms with E-state index in [2.05, 4.69) is 73.0 Å². The standard InChI is InChI=1S/C28H48F2N2O4Si2/c1-26(2,3)31-24(33)22-23(36-38(12,13)28(7,8)9)21(35-37(10,11)27(4,5)6)17-32(22)25(34)19-15-14-18(29)16-20(19)30/h14-16,21-23H,17H2,1-13H3,(H,31,33)/t21-,22?,23+/m0/s1. The SMILES string of the molecule is CC(C)(C)NC(=O)C1[C@H](O[Si](C)(C)C(C)(C)C)[C@@H](O[Si](C)(C)C(C)(C)C)CN1C(=O)c1ccc(F)cc1F. The van der Waals surface area contributed by atoms with Crippen LogP contribution < -0.4 is 5.32 Å². The Morgan fingerprint density at radius 2 is 1.39 bits per heavy atom. The molecule has 1 aliphatic heterocycles. The second-order valence-corrected chi connectivity index (χ2v) is 24.0. The molecule has 2 amide bonds. The lowest BCUT2D eigenvalue weighted by atomic mass is 10.0. The molecule has 0 aliphatic carbocycles. The van der Waals surface area contributed by atoms with E-state index in [1.165, 1.54) is 4.90 Å². The molecule has 1 aliphatic rings. The molecule has 0 bridgehead atoms. The molecule has 1 aromatic carbocycles. The molecule has 6 nitrogen and oxygen atoms in total. The summed E-state index contributed by atoms with van der Waals surface area (Å²) in [6.45, 7) is 26.8. The minimum absolute atomic E-state index is 0.0592. The number of halogens is 2. The summed E-state index contributed by atoms with van der Waals surface area (Å²) in [5, 5.41) is 2.70. The van der Waals surface area contributed by atoms with Gasteiger partial charge < -0.3 is 19.1 Å². The first-order valence-electron chi connectivity index (χ1n) is 13.3. The summed E-state index contributed by atoms with van der Waals surface area (Å²) < 4.78 is 42.1. The second-order valence-electron chi connectivity index (χ2n) is 14.5. The van der Waals surface area contributed by atoms with Gasteiger partial charge in [0, 0.05) is 18.2 Å². The molecule has 0 spiro atoms. The zero-order valence-electron chi connectivity index (χ0n) is 25.5. The highest BCUT2D eigenvalue weighted by molar-refractivity contribution is 6.74. The first kappa shape index (κ1) is 32.6. The second kappa shape index (κ2) is 10.7. The average molecular weight is 571 g/mol. The Morgan fingerprint density at radius 3 is 1.84 bits per heavy atom. The number of carbonyl (C=O) groups excluding carboxylic acids is 2. The normalized spacial score (nSPS) is 21.6. The van der Waals surface area contributed by atoms with E-state index in [0.29, 0.717) is 6.07 Å². The van der Waals surface area contributed by atoms with Crippen molar-refractivity contribution < 1.29 is 27.2 Å². The quantitative estimate of drug-likeness (QED) is 0.397. The van der Waals surface area contributed by atoms with Crippen LogP contribution in [0.5, 0.6) is 0 Å². The van der Waals surface area contributed by atoms with Gasteiger partial charge in [0.1, 0.15) is 23.8 Å². The van der Waals surface area contributed by atoms with Gasteiger partial charge in [-0.1, -0.05) is 41.5 Å². The molecule has 1 fully saturated rings. The summed E-state index contributed by atoms with van der Waals surface area (Å²) >= 11 is 0. The van der Waals surface area contributed by atoms with Crippen molar-refractivity contribution in [2.24, 2.45) is 0 Å². The van der Waals surface area contributed by atoms with Crippen LogP contribution in [0.1, 0.15) is 72.7 Å². The van der Waals surface area contributed by atoms with Gasteiger partial charge in [0.05, 0.1) is 11.7 Å². The third-order valence-corrected chi connectivity index (χ3v) is 17.0. The number of hydrogen-bond donors (Lipinski definition) is 1. The number of benzene rings is 1. The Morgan fingerprint density at radius 1 is 0.895 bits per heavy atom. The van der Waals surface area contributed by atoms with E-state index < -0.39 is 63.9 Å². The zero-order chi connectivity index (χ0) is 29.6. The van der Waals surface area contributed by atoms with Gasteiger partial charge in [0.25, 0.3) is 5.91 Å². The summed E-state index contributed by atoms with van der Waals surface area (Å²) in [4.78, 5) is 29.0. The Kier molecular flexibility index (Phi) is 9.21. The topological polar surface area (TPSA) is 67.9 Å². The Labute approximate surface area is 230 Å². The van der Waals surface area contributed by atoms with Crippen molar-refractivity contribution in [1.82, 2.24) is 10.2 Å². The zero-order valence-corrected chi connectivity index (χ0v) is 27.5. The van der Waals surface area contributed by atoms with E-state index in [1.807, 2.05) is 20.8 Å². The summed E-state index contributed by atoms with van der Waals surface area (Å²) in [7, 11) is -4.81. The molecule has 1 heterocycles. The summed E-state index contributed by atoms with van der Waals surface area (Å²) in [5.41, 5.74) is -0.869. The highest BCUT2D eigenvalue weighted by Gasteiger charge is 2.55. The highest BCUT2D eigenvalue weighted by atomic mass is 28.4. The first-order valence-corrected chi connectivity index (χ1v) is 19.1. The lowest BCUT2D eigenvalue weighted by Gasteiger charge is -2.43. The molecule has 1 aromatic rings. The van der Waals surface area contributed by atoms with Gasteiger partial charge in [-0.2, -0.15) is 0 Å². The van der Waals surface area contributed by atoms with Gasteiger partial charge in [0.15, 0.2) is 16.6 Å². The fourth-order valence-corrected chi connectivity index (χ4v) is 6.50. The van der Waals surface area contributed by atoms with E-state index in [1.54, 1.807) is 0 Å². The smallest absolute Gasteiger partial charge is 0.257 e. The lowest BCUT2D eigenvalue weighted by molar-refractivity contribution is -0.129. The van der Waals surface area contributed by atoms with Crippen LogP contribution >= 0.6 is 0 Å².